The molecule has 0 radical (unpaired) electrons. The zero-order valence-electron chi connectivity index (χ0n) is 16.6. The molecule has 3 rings (SSSR count). The number of nitrogens with zero attached hydrogens (tertiary/aromatic N) is 1. The molecular formula is C21H20FN3O4S. The van der Waals surface area contributed by atoms with Crippen LogP contribution in [0.25, 0.3) is 0 Å². The Morgan fingerprint density at radius 3 is 2.53 bits per heavy atom. The number of hydrogen-bond acceptors (Lipinski definition) is 6. The summed E-state index contributed by atoms with van der Waals surface area (Å²) in [5.41, 5.74) is 1.52. The van der Waals surface area contributed by atoms with Crippen LogP contribution >= 0.6 is 11.3 Å². The summed E-state index contributed by atoms with van der Waals surface area (Å²) in [7, 11) is 1.49. The molecule has 7 nitrogen and oxygen atoms in total. The Kier molecular flexibility index (Phi) is 6.63. The van der Waals surface area contributed by atoms with Crippen LogP contribution in [0.5, 0.6) is 11.5 Å². The van der Waals surface area contributed by atoms with Gasteiger partial charge in [-0.25, -0.2) is 9.37 Å². The lowest BCUT2D eigenvalue weighted by atomic mass is 10.2. The molecule has 0 saturated heterocycles. The normalized spacial score (nSPS) is 10.4. The number of rotatable bonds is 7. The molecule has 2 aromatic carbocycles. The van der Waals surface area contributed by atoms with Crippen LogP contribution in [0.3, 0.4) is 0 Å². The van der Waals surface area contributed by atoms with E-state index in [9.17, 15) is 14.0 Å². The number of aromatic nitrogens is 1. The molecule has 9 heteroatoms. The van der Waals surface area contributed by atoms with Crippen LogP contribution in [0.15, 0.2) is 42.5 Å². The van der Waals surface area contributed by atoms with Crippen molar-refractivity contribution in [2.75, 3.05) is 17.7 Å². The van der Waals surface area contributed by atoms with E-state index in [-0.39, 0.29) is 24.2 Å². The first-order valence-electron chi connectivity index (χ1n) is 8.97. The number of ether oxygens (including phenoxy) is 2. The summed E-state index contributed by atoms with van der Waals surface area (Å²) in [4.78, 5) is 28.9. The third kappa shape index (κ3) is 5.32. The molecule has 1 aromatic heterocycles. The van der Waals surface area contributed by atoms with Gasteiger partial charge in [-0.1, -0.05) is 0 Å². The molecule has 0 aliphatic rings. The van der Waals surface area contributed by atoms with E-state index in [1.54, 1.807) is 25.1 Å². The van der Waals surface area contributed by atoms with Gasteiger partial charge in [-0.2, -0.15) is 0 Å². The van der Waals surface area contributed by atoms with E-state index in [4.69, 9.17) is 9.47 Å². The Hall–Kier alpha value is -3.46. The molecule has 0 unspecified atom stereocenters. The van der Waals surface area contributed by atoms with Crippen LogP contribution in [-0.4, -0.2) is 23.9 Å². The summed E-state index contributed by atoms with van der Waals surface area (Å²) in [6.07, 6.45) is 0. The fourth-order valence-electron chi connectivity index (χ4n) is 2.67. The molecular weight excluding hydrogens is 409 g/mol. The number of methoxy groups -OCH3 is 1. The number of anilines is 2. The maximum atomic E-state index is 13.0. The number of carbonyl (C=O) groups excluding carboxylic acids is 2. The first-order chi connectivity index (χ1) is 14.4. The van der Waals surface area contributed by atoms with Gasteiger partial charge in [0.15, 0.2) is 0 Å². The highest BCUT2D eigenvalue weighted by Gasteiger charge is 2.18. The van der Waals surface area contributed by atoms with Gasteiger partial charge in [-0.3, -0.25) is 9.59 Å². The van der Waals surface area contributed by atoms with Crippen LogP contribution in [-0.2, 0) is 11.4 Å². The van der Waals surface area contributed by atoms with Gasteiger partial charge < -0.3 is 20.1 Å². The van der Waals surface area contributed by atoms with Gasteiger partial charge in [0.25, 0.3) is 5.91 Å². The summed E-state index contributed by atoms with van der Waals surface area (Å²) < 4.78 is 23.9. The Balaban J connectivity index is 1.72. The van der Waals surface area contributed by atoms with Crippen molar-refractivity contribution in [2.45, 2.75) is 20.5 Å². The van der Waals surface area contributed by atoms with Gasteiger partial charge in [-0.15, -0.1) is 11.3 Å². The zero-order chi connectivity index (χ0) is 21.7. The van der Waals surface area contributed by atoms with Gasteiger partial charge in [0.05, 0.1) is 18.5 Å². The molecule has 1 heterocycles. The molecule has 0 bridgehead atoms. The van der Waals surface area contributed by atoms with Crippen molar-refractivity contribution in [2.24, 2.45) is 0 Å². The molecule has 0 aliphatic carbocycles. The summed E-state index contributed by atoms with van der Waals surface area (Å²) >= 11 is 1.20. The van der Waals surface area contributed by atoms with Gasteiger partial charge in [0.1, 0.15) is 33.8 Å². The third-order valence-electron chi connectivity index (χ3n) is 3.99. The molecule has 0 saturated carbocycles. The van der Waals surface area contributed by atoms with Gasteiger partial charge in [0.2, 0.25) is 5.91 Å². The number of thiazole rings is 1. The van der Waals surface area contributed by atoms with Crippen molar-refractivity contribution >= 4 is 34.5 Å². The Morgan fingerprint density at radius 2 is 1.87 bits per heavy atom. The Labute approximate surface area is 176 Å². The summed E-state index contributed by atoms with van der Waals surface area (Å²) in [6, 6.07) is 10.6. The average Bonchev–Trinajstić information content (AvgIpc) is 3.08. The minimum absolute atomic E-state index is 0.158. The highest BCUT2D eigenvalue weighted by atomic mass is 32.1. The maximum absolute atomic E-state index is 13.0. The second-order valence-electron chi connectivity index (χ2n) is 6.32. The Morgan fingerprint density at radius 1 is 1.13 bits per heavy atom. The van der Waals surface area contributed by atoms with Crippen LogP contribution in [0, 0.1) is 12.7 Å². The van der Waals surface area contributed by atoms with E-state index < -0.39 is 0 Å². The molecule has 0 aliphatic heterocycles. The summed E-state index contributed by atoms with van der Waals surface area (Å²) in [5.74, 6) is 0.0523. The zero-order valence-corrected chi connectivity index (χ0v) is 17.4. The number of carbonyl (C=O) groups is 2. The average molecular weight is 429 g/mol. The van der Waals surface area contributed by atoms with E-state index in [0.29, 0.717) is 38.5 Å². The molecule has 0 fully saturated rings. The van der Waals surface area contributed by atoms with Crippen LogP contribution < -0.4 is 20.1 Å². The molecule has 156 valence electrons. The van der Waals surface area contributed by atoms with Gasteiger partial charge in [0, 0.05) is 12.6 Å². The second kappa shape index (κ2) is 9.36. The number of aryl methyl sites for hydroxylation is 1. The lowest BCUT2D eigenvalue weighted by Gasteiger charge is -2.12. The lowest BCUT2D eigenvalue weighted by Crippen LogP contribution is -2.13. The highest BCUT2D eigenvalue weighted by Crippen LogP contribution is 2.29. The number of halogens is 1. The smallest absolute Gasteiger partial charge is 0.267 e. The second-order valence-corrected chi connectivity index (χ2v) is 7.40. The first kappa shape index (κ1) is 21.3. The van der Waals surface area contributed by atoms with Crippen LogP contribution in [0.2, 0.25) is 0 Å². The van der Waals surface area contributed by atoms with Crippen LogP contribution in [0.1, 0.15) is 27.3 Å². The summed E-state index contributed by atoms with van der Waals surface area (Å²) in [6.45, 7) is 3.29. The van der Waals surface area contributed by atoms with Crippen molar-refractivity contribution in [3.8, 4) is 11.5 Å². The van der Waals surface area contributed by atoms with Gasteiger partial charge in [-0.05, 0) is 49.4 Å². The van der Waals surface area contributed by atoms with E-state index in [1.807, 2.05) is 0 Å². The van der Waals surface area contributed by atoms with Crippen molar-refractivity contribution < 1.29 is 23.5 Å². The van der Waals surface area contributed by atoms with Crippen LogP contribution in [0.4, 0.5) is 15.8 Å². The molecule has 3 aromatic rings. The summed E-state index contributed by atoms with van der Waals surface area (Å²) in [5, 5.41) is 6.08. The monoisotopic (exact) mass is 429 g/mol. The van der Waals surface area contributed by atoms with E-state index >= 15 is 0 Å². The van der Waals surface area contributed by atoms with Crippen molar-refractivity contribution in [1.29, 1.82) is 0 Å². The Bertz CT molecular complexity index is 1070. The number of benzene rings is 2. The predicted molar refractivity (Wildman–Crippen MR) is 113 cm³/mol. The van der Waals surface area contributed by atoms with Crippen molar-refractivity contribution in [1.82, 2.24) is 4.98 Å². The molecule has 0 spiro atoms. The fourth-order valence-corrected chi connectivity index (χ4v) is 3.54. The third-order valence-corrected chi connectivity index (χ3v) is 5.12. The standard InChI is InChI=1S/C21H20FN3O4S/c1-12-20(30-19(23-12)11-29-16-7-4-14(22)5-8-16)21(27)25-17-10-15(24-13(2)26)6-9-18(17)28-3/h4-10H,11H2,1-3H3,(H,24,26)(H,25,27). The van der Waals surface area contributed by atoms with Crippen molar-refractivity contribution in [3.63, 3.8) is 0 Å². The minimum atomic E-state index is -0.351. The minimum Gasteiger partial charge on any atom is -0.495 e. The molecule has 30 heavy (non-hydrogen) atoms. The first-order valence-corrected chi connectivity index (χ1v) is 9.79. The largest absolute Gasteiger partial charge is 0.495 e. The number of hydrogen-bond donors (Lipinski definition) is 2. The van der Waals surface area contributed by atoms with E-state index in [2.05, 4.69) is 15.6 Å². The predicted octanol–water partition coefficient (Wildman–Crippen LogP) is 4.39. The van der Waals surface area contributed by atoms with E-state index in [0.717, 1.165) is 0 Å². The lowest BCUT2D eigenvalue weighted by molar-refractivity contribution is -0.114. The number of amides is 2. The van der Waals surface area contributed by atoms with Gasteiger partial charge >= 0.3 is 0 Å². The topological polar surface area (TPSA) is 89.6 Å². The fraction of sp³-hybridized carbons (Fsp3) is 0.190. The maximum Gasteiger partial charge on any atom is 0.267 e. The quantitative estimate of drug-likeness (QED) is 0.581. The molecule has 2 N–H and O–H groups in total. The number of nitrogens with one attached hydrogen (secondary N) is 2. The van der Waals surface area contributed by atoms with E-state index in [1.165, 1.54) is 49.6 Å². The molecule has 0 atom stereocenters. The SMILES string of the molecule is COc1ccc(NC(C)=O)cc1NC(=O)c1sc(COc2ccc(F)cc2)nc1C. The highest BCUT2D eigenvalue weighted by molar-refractivity contribution is 7.13. The molecule has 2 amide bonds. The van der Waals surface area contributed by atoms with Crippen molar-refractivity contribution in [3.05, 3.63) is 63.9 Å².